The van der Waals surface area contributed by atoms with Gasteiger partial charge in [0.05, 0.1) is 11.5 Å². The van der Waals surface area contributed by atoms with Gasteiger partial charge in [-0.3, -0.25) is 10.1 Å². The van der Waals surface area contributed by atoms with E-state index in [2.05, 4.69) is 5.32 Å². The molecule has 1 N–H and O–H groups in total. The molecule has 2 aromatic rings. The van der Waals surface area contributed by atoms with E-state index in [4.69, 9.17) is 9.47 Å². The molecule has 23 heavy (non-hydrogen) atoms. The van der Waals surface area contributed by atoms with Gasteiger partial charge in [-0.05, 0) is 11.6 Å². The number of nitrogens with one attached hydrogen (secondary N) is 1. The van der Waals surface area contributed by atoms with Crippen LogP contribution in [-0.2, 0) is 11.3 Å². The number of nitrogens with zero attached hydrogens (tertiary/aromatic N) is 1. The number of nitro groups is 1. The van der Waals surface area contributed by atoms with Crippen LogP contribution in [0.5, 0.6) is 5.75 Å². The summed E-state index contributed by atoms with van der Waals surface area (Å²) in [7, 11) is 0. The van der Waals surface area contributed by atoms with Crippen molar-refractivity contribution in [1.82, 2.24) is 5.32 Å². The van der Waals surface area contributed by atoms with E-state index in [1.807, 2.05) is 30.3 Å². The lowest BCUT2D eigenvalue weighted by molar-refractivity contribution is -0.386. The van der Waals surface area contributed by atoms with Crippen LogP contribution in [0.1, 0.15) is 17.2 Å². The minimum absolute atomic E-state index is 0.151. The number of alkyl carbamates (subject to hydrolysis) is 1. The number of carbonyl (C=O) groups excluding carboxylic acids is 1. The van der Waals surface area contributed by atoms with Gasteiger partial charge in [-0.15, -0.1) is 0 Å². The Hall–Kier alpha value is -3.09. The van der Waals surface area contributed by atoms with Crippen LogP contribution in [0.3, 0.4) is 0 Å². The Kier molecular flexibility index (Phi) is 4.09. The van der Waals surface area contributed by atoms with Crippen molar-refractivity contribution in [3.05, 3.63) is 69.8 Å². The molecule has 0 spiro atoms. The number of amides is 1. The summed E-state index contributed by atoms with van der Waals surface area (Å²) in [5, 5.41) is 13.8. The first-order chi connectivity index (χ1) is 11.1. The molecule has 7 heteroatoms. The maximum absolute atomic E-state index is 11.3. The number of ether oxygens (including phenoxy) is 2. The predicted molar refractivity (Wildman–Crippen MR) is 81.1 cm³/mol. The van der Waals surface area contributed by atoms with Gasteiger partial charge in [0.25, 0.3) is 0 Å². The molecule has 0 aliphatic carbocycles. The highest BCUT2D eigenvalue weighted by atomic mass is 16.6. The molecule has 1 atom stereocenters. The highest BCUT2D eigenvalue weighted by Crippen LogP contribution is 2.32. The molecule has 0 radical (unpaired) electrons. The van der Waals surface area contributed by atoms with Crippen LogP contribution in [0, 0.1) is 10.1 Å². The van der Waals surface area contributed by atoms with Crippen molar-refractivity contribution in [1.29, 1.82) is 0 Å². The molecule has 1 unspecified atom stereocenters. The maximum atomic E-state index is 11.3. The highest BCUT2D eigenvalue weighted by Gasteiger charge is 2.27. The van der Waals surface area contributed by atoms with Gasteiger partial charge in [-0.25, -0.2) is 4.79 Å². The van der Waals surface area contributed by atoms with Crippen molar-refractivity contribution in [3.8, 4) is 5.75 Å². The van der Waals surface area contributed by atoms with E-state index in [1.165, 1.54) is 12.1 Å². The van der Waals surface area contributed by atoms with Gasteiger partial charge in [0.15, 0.2) is 5.75 Å². The monoisotopic (exact) mass is 314 g/mol. The second-order valence-electron chi connectivity index (χ2n) is 5.03. The lowest BCUT2D eigenvalue weighted by atomic mass is 10.1. The van der Waals surface area contributed by atoms with Crippen LogP contribution in [0.15, 0.2) is 48.5 Å². The predicted octanol–water partition coefficient (Wildman–Crippen LogP) is 2.95. The second-order valence-corrected chi connectivity index (χ2v) is 5.03. The van der Waals surface area contributed by atoms with E-state index in [9.17, 15) is 14.9 Å². The number of hydrogen-bond acceptors (Lipinski definition) is 5. The van der Waals surface area contributed by atoms with E-state index < -0.39 is 17.1 Å². The summed E-state index contributed by atoms with van der Waals surface area (Å²) in [5.41, 5.74) is 1.32. The Labute approximate surface area is 132 Å². The zero-order valence-corrected chi connectivity index (χ0v) is 12.1. The van der Waals surface area contributed by atoms with E-state index in [0.29, 0.717) is 12.1 Å². The normalized spacial score (nSPS) is 16.5. The molecule has 2 aromatic carbocycles. The zero-order chi connectivity index (χ0) is 16.2. The summed E-state index contributed by atoms with van der Waals surface area (Å²) >= 11 is 0. The summed E-state index contributed by atoms with van der Waals surface area (Å²) in [5.74, 6) is 0.180. The van der Waals surface area contributed by atoms with Gasteiger partial charge in [-0.2, -0.15) is 0 Å². The van der Waals surface area contributed by atoms with Crippen molar-refractivity contribution >= 4 is 11.8 Å². The Balaban J connectivity index is 1.80. The molecule has 3 rings (SSSR count). The lowest BCUT2D eigenvalue weighted by Gasteiger charge is -2.11. The molecule has 1 amide bonds. The quantitative estimate of drug-likeness (QED) is 0.677. The molecule has 1 aliphatic rings. The molecule has 1 heterocycles. The maximum Gasteiger partial charge on any atom is 0.407 e. The topological polar surface area (TPSA) is 90.7 Å². The Morgan fingerprint density at radius 2 is 2.04 bits per heavy atom. The number of benzene rings is 2. The number of rotatable bonds is 5. The second kappa shape index (κ2) is 6.35. The van der Waals surface area contributed by atoms with Gasteiger partial charge in [0, 0.05) is 11.6 Å². The first kappa shape index (κ1) is 14.8. The summed E-state index contributed by atoms with van der Waals surface area (Å²) in [6, 6.07) is 14.0. The van der Waals surface area contributed by atoms with Gasteiger partial charge >= 0.3 is 11.8 Å². The smallest absolute Gasteiger partial charge is 0.407 e. The van der Waals surface area contributed by atoms with E-state index in [0.717, 1.165) is 5.56 Å². The van der Waals surface area contributed by atoms with E-state index in [1.54, 1.807) is 6.07 Å². The fourth-order valence-corrected chi connectivity index (χ4v) is 2.31. The van der Waals surface area contributed by atoms with Crippen molar-refractivity contribution < 1.29 is 19.2 Å². The number of nitro benzene ring substituents is 1. The fourth-order valence-electron chi connectivity index (χ4n) is 2.31. The zero-order valence-electron chi connectivity index (χ0n) is 12.1. The largest absolute Gasteiger partial charge is 0.482 e. The van der Waals surface area contributed by atoms with Gasteiger partial charge in [0.2, 0.25) is 0 Å². The van der Waals surface area contributed by atoms with E-state index >= 15 is 0 Å². The van der Waals surface area contributed by atoms with Crippen molar-refractivity contribution in [3.63, 3.8) is 0 Å². The minimum atomic E-state index is -0.526. The molecule has 1 fully saturated rings. The van der Waals surface area contributed by atoms with Crippen molar-refractivity contribution in [2.45, 2.75) is 12.7 Å². The first-order valence-corrected chi connectivity index (χ1v) is 7.03. The van der Waals surface area contributed by atoms with E-state index in [-0.39, 0.29) is 18.0 Å². The van der Waals surface area contributed by atoms with Crippen LogP contribution >= 0.6 is 0 Å². The number of carbonyl (C=O) groups is 1. The van der Waals surface area contributed by atoms with Crippen molar-refractivity contribution in [2.24, 2.45) is 0 Å². The highest BCUT2D eigenvalue weighted by molar-refractivity contribution is 5.70. The summed E-state index contributed by atoms with van der Waals surface area (Å²) in [6.45, 7) is 0.529. The molecule has 0 aromatic heterocycles. The number of hydrogen-bond donors (Lipinski definition) is 1. The molecule has 0 saturated carbocycles. The molecular formula is C16H14N2O5. The van der Waals surface area contributed by atoms with Gasteiger partial charge in [0.1, 0.15) is 12.7 Å². The summed E-state index contributed by atoms with van der Waals surface area (Å²) in [6.07, 6.45) is -1.05. The molecule has 1 aliphatic heterocycles. The summed E-state index contributed by atoms with van der Waals surface area (Å²) in [4.78, 5) is 21.8. The van der Waals surface area contributed by atoms with Gasteiger partial charge in [-0.1, -0.05) is 36.4 Å². The van der Waals surface area contributed by atoms with Crippen molar-refractivity contribution in [2.75, 3.05) is 6.54 Å². The molecule has 0 bridgehead atoms. The lowest BCUT2D eigenvalue weighted by Crippen LogP contribution is -2.12. The fraction of sp³-hybridized carbons (Fsp3) is 0.188. The van der Waals surface area contributed by atoms with Crippen LogP contribution < -0.4 is 10.1 Å². The average molecular weight is 314 g/mol. The third-order valence-electron chi connectivity index (χ3n) is 3.47. The minimum Gasteiger partial charge on any atom is -0.482 e. The summed E-state index contributed by atoms with van der Waals surface area (Å²) < 4.78 is 10.6. The third-order valence-corrected chi connectivity index (χ3v) is 3.47. The van der Waals surface area contributed by atoms with Crippen LogP contribution in [0.2, 0.25) is 0 Å². The Morgan fingerprint density at radius 1 is 1.26 bits per heavy atom. The Bertz CT molecular complexity index is 733. The first-order valence-electron chi connectivity index (χ1n) is 7.03. The third kappa shape index (κ3) is 3.39. The standard InChI is InChI=1S/C16H14N2O5/c19-16-17-9-15(23-16)12-6-7-14(13(8-12)18(20)21)22-10-11-4-2-1-3-5-11/h1-8,15H,9-10H2,(H,17,19). The molecule has 118 valence electrons. The SMILES string of the molecule is O=C1NCC(c2ccc(OCc3ccccc3)c([N+](=O)[O-])c2)O1. The molecule has 1 saturated heterocycles. The average Bonchev–Trinajstić information content (AvgIpc) is 3.00. The van der Waals surface area contributed by atoms with Gasteiger partial charge < -0.3 is 14.8 Å². The number of cyclic esters (lactones) is 1. The molecular weight excluding hydrogens is 300 g/mol. The van der Waals surface area contributed by atoms with Crippen LogP contribution in [0.25, 0.3) is 0 Å². The molecule has 7 nitrogen and oxygen atoms in total. The van der Waals surface area contributed by atoms with Crippen LogP contribution in [-0.4, -0.2) is 17.6 Å². The Morgan fingerprint density at radius 3 is 2.70 bits per heavy atom. The van der Waals surface area contributed by atoms with Crippen LogP contribution in [0.4, 0.5) is 10.5 Å².